The molecule has 2 aromatic rings. The van der Waals surface area contributed by atoms with Crippen LogP contribution in [0.1, 0.15) is 56.2 Å². The van der Waals surface area contributed by atoms with Crippen LogP contribution in [0.25, 0.3) is 11.3 Å². The van der Waals surface area contributed by atoms with Crippen LogP contribution in [0.15, 0.2) is 36.4 Å². The Morgan fingerprint density at radius 1 is 1.31 bits per heavy atom. The molecule has 2 atom stereocenters. The third-order valence-corrected chi connectivity index (χ3v) is 5.69. The molecule has 0 bridgehead atoms. The lowest BCUT2D eigenvalue weighted by atomic mass is 9.76. The minimum atomic E-state index is -0.705. The maximum absolute atomic E-state index is 14.3. The molecule has 0 N–H and O–H groups in total. The summed E-state index contributed by atoms with van der Waals surface area (Å²) in [6, 6.07) is 7.40. The summed E-state index contributed by atoms with van der Waals surface area (Å²) >= 11 is 0. The van der Waals surface area contributed by atoms with Gasteiger partial charge in [0.15, 0.2) is 0 Å². The average Bonchev–Trinajstić information content (AvgIpc) is 2.76. The van der Waals surface area contributed by atoms with Crippen molar-refractivity contribution in [3.8, 4) is 17.3 Å². The molecule has 2 unspecified atom stereocenters. The molecule has 168 valence electrons. The van der Waals surface area contributed by atoms with Crippen molar-refractivity contribution >= 4 is 6.09 Å². The van der Waals surface area contributed by atoms with Crippen molar-refractivity contribution in [3.63, 3.8) is 0 Å². The van der Waals surface area contributed by atoms with Crippen molar-refractivity contribution in [2.75, 3.05) is 19.7 Å². The number of amides is 1. The fraction of sp³-hybridized carbons (Fsp3) is 0.417. The second kappa shape index (κ2) is 10.3. The van der Waals surface area contributed by atoms with Crippen LogP contribution in [-0.4, -0.2) is 40.9 Å². The van der Waals surface area contributed by atoms with Crippen molar-refractivity contribution < 1.29 is 18.3 Å². The quantitative estimate of drug-likeness (QED) is 0.544. The van der Waals surface area contributed by atoms with E-state index in [0.717, 1.165) is 24.0 Å². The van der Waals surface area contributed by atoms with Gasteiger partial charge < -0.3 is 9.64 Å². The van der Waals surface area contributed by atoms with E-state index in [4.69, 9.17) is 10.00 Å². The van der Waals surface area contributed by atoms with Gasteiger partial charge in [0.05, 0.1) is 36.0 Å². The lowest BCUT2D eigenvalue weighted by Crippen LogP contribution is -2.37. The molecule has 32 heavy (non-hydrogen) atoms. The van der Waals surface area contributed by atoms with Crippen molar-refractivity contribution in [2.24, 2.45) is 0 Å². The molecule has 0 aliphatic heterocycles. The molecule has 1 aliphatic carbocycles. The lowest BCUT2D eigenvalue weighted by Gasteiger charge is -2.33. The third kappa shape index (κ3) is 4.93. The molecule has 3 rings (SSSR count). The Hall–Kier alpha value is -3.34. The lowest BCUT2D eigenvalue weighted by molar-refractivity contribution is 0.104. The second-order valence-electron chi connectivity index (χ2n) is 7.89. The molecule has 1 amide bonds. The maximum atomic E-state index is 14.3. The number of carbonyl (C=O) groups excluding carboxylic acids is 1. The first kappa shape index (κ1) is 23.3. The molecule has 0 fully saturated rings. The van der Waals surface area contributed by atoms with Gasteiger partial charge in [-0.2, -0.15) is 15.5 Å². The van der Waals surface area contributed by atoms with Crippen molar-refractivity contribution in [2.45, 2.75) is 44.9 Å². The summed E-state index contributed by atoms with van der Waals surface area (Å²) in [6.45, 7) is 8.51. The monoisotopic (exact) mass is 440 g/mol. The minimum absolute atomic E-state index is 0.0273. The summed E-state index contributed by atoms with van der Waals surface area (Å²) in [7, 11) is 0. The normalized spacial score (nSPS) is 17.2. The number of nitrogens with zero attached hydrogens (tertiary/aromatic N) is 4. The smallest absolute Gasteiger partial charge is 0.409 e. The molecule has 0 spiro atoms. The minimum Gasteiger partial charge on any atom is -0.450 e. The van der Waals surface area contributed by atoms with E-state index in [2.05, 4.69) is 16.8 Å². The van der Waals surface area contributed by atoms with Crippen LogP contribution in [0.4, 0.5) is 13.6 Å². The fourth-order valence-electron chi connectivity index (χ4n) is 4.15. The zero-order chi connectivity index (χ0) is 23.3. The summed E-state index contributed by atoms with van der Waals surface area (Å²) in [6.07, 6.45) is 1.19. The summed E-state index contributed by atoms with van der Waals surface area (Å²) in [4.78, 5) is 13.9. The number of aromatic nitrogens is 2. The highest BCUT2D eigenvalue weighted by atomic mass is 19.1. The molecule has 1 aromatic heterocycles. The third-order valence-electron chi connectivity index (χ3n) is 5.69. The molecule has 8 heteroatoms. The highest BCUT2D eigenvalue weighted by Crippen LogP contribution is 2.42. The van der Waals surface area contributed by atoms with E-state index in [0.29, 0.717) is 12.2 Å². The molecule has 1 heterocycles. The number of carbonyl (C=O) groups is 1. The number of allylic oxidation sites excluding steroid dienone is 1. The number of hydrogen-bond acceptors (Lipinski definition) is 5. The van der Waals surface area contributed by atoms with Gasteiger partial charge in [-0.3, -0.25) is 0 Å². The second-order valence-corrected chi connectivity index (χ2v) is 7.89. The van der Waals surface area contributed by atoms with E-state index < -0.39 is 17.7 Å². The van der Waals surface area contributed by atoms with Gasteiger partial charge in [0.2, 0.25) is 0 Å². The number of benzene rings is 1. The van der Waals surface area contributed by atoms with Crippen LogP contribution in [0.2, 0.25) is 0 Å². The standard InChI is InChI=1S/C24H26F2N4O2/c1-4-32-24(31)30(12-6-11-27)14-16-9-10-17(15(2)3)18-13-21(28-29-23(16)18)22-19(25)7-5-8-20(22)26/h5,7-8,13,16-17H,2,4,6,9-10,12,14H2,1,3H3. The van der Waals surface area contributed by atoms with Crippen LogP contribution in [0.3, 0.4) is 0 Å². The Kier molecular flexibility index (Phi) is 7.52. The average molecular weight is 440 g/mol. The summed E-state index contributed by atoms with van der Waals surface area (Å²) in [5.41, 5.74) is 2.32. The number of ether oxygens (including phenoxy) is 1. The van der Waals surface area contributed by atoms with Crippen molar-refractivity contribution in [1.29, 1.82) is 5.26 Å². The highest BCUT2D eigenvalue weighted by Gasteiger charge is 2.33. The van der Waals surface area contributed by atoms with Crippen LogP contribution in [0.5, 0.6) is 0 Å². The van der Waals surface area contributed by atoms with Crippen LogP contribution < -0.4 is 0 Å². The summed E-state index contributed by atoms with van der Waals surface area (Å²) in [5, 5.41) is 17.4. The van der Waals surface area contributed by atoms with Gasteiger partial charge in [-0.15, -0.1) is 0 Å². The van der Waals surface area contributed by atoms with Gasteiger partial charge in [-0.05, 0) is 50.5 Å². The first-order valence-corrected chi connectivity index (χ1v) is 10.6. The number of halogens is 2. The van der Waals surface area contributed by atoms with Gasteiger partial charge in [0.1, 0.15) is 11.6 Å². The van der Waals surface area contributed by atoms with E-state index >= 15 is 0 Å². The molecule has 0 radical (unpaired) electrons. The largest absolute Gasteiger partial charge is 0.450 e. The number of nitriles is 1. The summed E-state index contributed by atoms with van der Waals surface area (Å²) < 4.78 is 33.8. The van der Waals surface area contributed by atoms with Crippen LogP contribution in [-0.2, 0) is 4.74 Å². The topological polar surface area (TPSA) is 79.1 Å². The molecule has 1 aliphatic rings. The van der Waals surface area contributed by atoms with Gasteiger partial charge in [0, 0.05) is 24.9 Å². The van der Waals surface area contributed by atoms with E-state index in [9.17, 15) is 13.6 Å². The van der Waals surface area contributed by atoms with E-state index in [1.165, 1.54) is 23.1 Å². The molecular formula is C24H26F2N4O2. The first-order chi connectivity index (χ1) is 15.4. The van der Waals surface area contributed by atoms with Gasteiger partial charge in [0.25, 0.3) is 0 Å². The maximum Gasteiger partial charge on any atom is 0.409 e. The van der Waals surface area contributed by atoms with Crippen molar-refractivity contribution in [1.82, 2.24) is 15.1 Å². The van der Waals surface area contributed by atoms with Gasteiger partial charge in [-0.1, -0.05) is 18.2 Å². The zero-order valence-electron chi connectivity index (χ0n) is 18.3. The Balaban J connectivity index is 2.00. The highest BCUT2D eigenvalue weighted by molar-refractivity contribution is 5.68. The van der Waals surface area contributed by atoms with E-state index in [-0.39, 0.29) is 42.7 Å². The number of hydrogen-bond donors (Lipinski definition) is 0. The molecular weight excluding hydrogens is 414 g/mol. The first-order valence-electron chi connectivity index (χ1n) is 10.6. The Morgan fingerprint density at radius 3 is 2.66 bits per heavy atom. The van der Waals surface area contributed by atoms with Gasteiger partial charge >= 0.3 is 6.09 Å². The molecule has 1 aromatic carbocycles. The molecule has 0 saturated carbocycles. The van der Waals surface area contributed by atoms with Crippen LogP contribution in [0, 0.1) is 23.0 Å². The van der Waals surface area contributed by atoms with Crippen LogP contribution >= 0.6 is 0 Å². The predicted octanol–water partition coefficient (Wildman–Crippen LogP) is 5.33. The predicted molar refractivity (Wildman–Crippen MR) is 116 cm³/mol. The SMILES string of the molecule is C=C(C)C1CCC(CN(CCC#N)C(=O)OCC)c2nnc(-c3c(F)cccc3F)cc21. The Labute approximate surface area is 186 Å². The van der Waals surface area contributed by atoms with Crippen molar-refractivity contribution in [3.05, 3.63) is 59.3 Å². The van der Waals surface area contributed by atoms with E-state index in [1.54, 1.807) is 13.0 Å². The summed E-state index contributed by atoms with van der Waals surface area (Å²) in [5.74, 6) is -1.58. The van der Waals surface area contributed by atoms with Gasteiger partial charge in [-0.25, -0.2) is 13.6 Å². The number of fused-ring (bicyclic) bond motifs is 1. The zero-order valence-corrected chi connectivity index (χ0v) is 18.3. The Bertz CT molecular complexity index is 1030. The fourth-order valence-corrected chi connectivity index (χ4v) is 4.15. The van der Waals surface area contributed by atoms with E-state index in [1.807, 2.05) is 13.0 Å². The number of rotatable bonds is 7. The molecule has 0 saturated heterocycles. The Morgan fingerprint density at radius 2 is 2.03 bits per heavy atom. The molecule has 6 nitrogen and oxygen atoms in total.